The molecule has 1 unspecified atom stereocenters. The Bertz CT molecular complexity index is 759. The summed E-state index contributed by atoms with van der Waals surface area (Å²) in [6.07, 6.45) is 0. The third-order valence-electron chi connectivity index (χ3n) is 3.72. The number of anilines is 1. The van der Waals surface area contributed by atoms with Crippen LogP contribution in [0.15, 0.2) is 72.8 Å². The predicted molar refractivity (Wildman–Crippen MR) is 87.4 cm³/mol. The Balaban J connectivity index is 1.90. The molecule has 0 bridgehead atoms. The van der Waals surface area contributed by atoms with Crippen molar-refractivity contribution in [3.8, 4) is 0 Å². The average molecular weight is 275 g/mol. The summed E-state index contributed by atoms with van der Waals surface area (Å²) in [5.74, 6) is -0.186. The lowest BCUT2D eigenvalue weighted by atomic mass is 9.94. The molecule has 3 rings (SSSR count). The molecule has 3 aromatic rings. The molecule has 0 saturated carbocycles. The average Bonchev–Trinajstić information content (AvgIpc) is 2.54. The van der Waals surface area contributed by atoms with Crippen LogP contribution in [0.3, 0.4) is 0 Å². The standard InChI is InChI=1S/C19H17NO/c1-14(19(21)20-16-10-3-2-4-11-16)17-13-7-9-15-8-5-6-12-18(15)17/h2-14H,1H3,(H,20,21). The van der Waals surface area contributed by atoms with Gasteiger partial charge in [0, 0.05) is 5.69 Å². The number of nitrogens with one attached hydrogen (secondary N) is 1. The van der Waals surface area contributed by atoms with E-state index in [1.807, 2.05) is 61.5 Å². The van der Waals surface area contributed by atoms with Crippen molar-refractivity contribution in [2.24, 2.45) is 0 Å². The van der Waals surface area contributed by atoms with Crippen molar-refractivity contribution < 1.29 is 4.79 Å². The number of hydrogen-bond donors (Lipinski definition) is 1. The van der Waals surface area contributed by atoms with Gasteiger partial charge < -0.3 is 5.32 Å². The van der Waals surface area contributed by atoms with Crippen LogP contribution >= 0.6 is 0 Å². The lowest BCUT2D eigenvalue weighted by molar-refractivity contribution is -0.117. The lowest BCUT2D eigenvalue weighted by Gasteiger charge is -2.15. The quantitative estimate of drug-likeness (QED) is 0.744. The van der Waals surface area contributed by atoms with Crippen molar-refractivity contribution in [3.63, 3.8) is 0 Å². The van der Waals surface area contributed by atoms with E-state index >= 15 is 0 Å². The van der Waals surface area contributed by atoms with E-state index in [-0.39, 0.29) is 11.8 Å². The molecule has 0 aromatic heterocycles. The first-order valence-corrected chi connectivity index (χ1v) is 7.09. The predicted octanol–water partition coefficient (Wildman–Crippen LogP) is 4.58. The molecule has 21 heavy (non-hydrogen) atoms. The van der Waals surface area contributed by atoms with Crippen LogP contribution in [0.2, 0.25) is 0 Å². The van der Waals surface area contributed by atoms with E-state index in [4.69, 9.17) is 0 Å². The van der Waals surface area contributed by atoms with Crippen molar-refractivity contribution in [2.75, 3.05) is 5.32 Å². The number of benzene rings is 3. The van der Waals surface area contributed by atoms with Crippen LogP contribution in [0.5, 0.6) is 0 Å². The zero-order chi connectivity index (χ0) is 14.7. The molecule has 0 radical (unpaired) electrons. The highest BCUT2D eigenvalue weighted by Gasteiger charge is 2.17. The van der Waals surface area contributed by atoms with Gasteiger partial charge in [-0.2, -0.15) is 0 Å². The summed E-state index contributed by atoms with van der Waals surface area (Å²) >= 11 is 0. The van der Waals surface area contributed by atoms with E-state index in [0.29, 0.717) is 0 Å². The zero-order valence-corrected chi connectivity index (χ0v) is 11.9. The van der Waals surface area contributed by atoms with Gasteiger partial charge in [0.15, 0.2) is 0 Å². The first-order chi connectivity index (χ1) is 10.3. The second kappa shape index (κ2) is 5.80. The Morgan fingerprint density at radius 2 is 1.52 bits per heavy atom. The van der Waals surface area contributed by atoms with Crippen LogP contribution in [0.4, 0.5) is 5.69 Å². The summed E-state index contributed by atoms with van der Waals surface area (Å²) in [5, 5.41) is 5.26. The third-order valence-corrected chi connectivity index (χ3v) is 3.72. The molecule has 0 aliphatic carbocycles. The molecule has 1 amide bonds. The fourth-order valence-electron chi connectivity index (χ4n) is 2.54. The van der Waals surface area contributed by atoms with Gasteiger partial charge in [-0.3, -0.25) is 4.79 Å². The molecule has 0 fully saturated rings. The topological polar surface area (TPSA) is 29.1 Å². The van der Waals surface area contributed by atoms with E-state index < -0.39 is 0 Å². The van der Waals surface area contributed by atoms with Crippen molar-refractivity contribution in [1.82, 2.24) is 0 Å². The van der Waals surface area contributed by atoms with Crippen molar-refractivity contribution in [1.29, 1.82) is 0 Å². The molecular weight excluding hydrogens is 258 g/mol. The number of amides is 1. The zero-order valence-electron chi connectivity index (χ0n) is 11.9. The van der Waals surface area contributed by atoms with Gasteiger partial charge in [0.1, 0.15) is 0 Å². The van der Waals surface area contributed by atoms with Crippen LogP contribution < -0.4 is 5.32 Å². The van der Waals surface area contributed by atoms with E-state index in [1.54, 1.807) is 0 Å². The Kier molecular flexibility index (Phi) is 3.69. The summed E-state index contributed by atoms with van der Waals surface area (Å²) in [7, 11) is 0. The minimum atomic E-state index is -0.198. The number of carbonyl (C=O) groups excluding carboxylic acids is 1. The Morgan fingerprint density at radius 3 is 2.33 bits per heavy atom. The Hall–Kier alpha value is -2.61. The number of carbonyl (C=O) groups is 1. The molecule has 1 N–H and O–H groups in total. The number of hydrogen-bond acceptors (Lipinski definition) is 1. The van der Waals surface area contributed by atoms with E-state index in [2.05, 4.69) is 23.5 Å². The molecule has 0 aliphatic rings. The number of para-hydroxylation sites is 1. The largest absolute Gasteiger partial charge is 0.326 e. The highest BCUT2D eigenvalue weighted by atomic mass is 16.1. The Labute approximate surface area is 124 Å². The molecule has 3 aromatic carbocycles. The van der Waals surface area contributed by atoms with E-state index in [0.717, 1.165) is 22.0 Å². The van der Waals surface area contributed by atoms with Crippen LogP contribution in [0.25, 0.3) is 10.8 Å². The normalized spacial score (nSPS) is 12.0. The summed E-state index contributed by atoms with van der Waals surface area (Å²) in [4.78, 5) is 12.4. The smallest absolute Gasteiger partial charge is 0.231 e. The van der Waals surface area contributed by atoms with Crippen molar-refractivity contribution in [2.45, 2.75) is 12.8 Å². The maximum atomic E-state index is 12.4. The summed E-state index contributed by atoms with van der Waals surface area (Å²) < 4.78 is 0. The van der Waals surface area contributed by atoms with Crippen LogP contribution in [-0.4, -0.2) is 5.91 Å². The lowest BCUT2D eigenvalue weighted by Crippen LogP contribution is -2.19. The number of rotatable bonds is 3. The molecule has 0 aliphatic heterocycles. The minimum absolute atomic E-state index is 0.0116. The maximum Gasteiger partial charge on any atom is 0.231 e. The van der Waals surface area contributed by atoms with Gasteiger partial charge in [-0.1, -0.05) is 60.7 Å². The van der Waals surface area contributed by atoms with Crippen molar-refractivity contribution in [3.05, 3.63) is 78.4 Å². The highest BCUT2D eigenvalue weighted by Crippen LogP contribution is 2.26. The molecule has 0 heterocycles. The van der Waals surface area contributed by atoms with Gasteiger partial charge in [0.25, 0.3) is 0 Å². The maximum absolute atomic E-state index is 12.4. The van der Waals surface area contributed by atoms with Gasteiger partial charge in [-0.15, -0.1) is 0 Å². The van der Waals surface area contributed by atoms with Gasteiger partial charge in [0.2, 0.25) is 5.91 Å². The second-order valence-corrected chi connectivity index (χ2v) is 5.15. The van der Waals surface area contributed by atoms with Gasteiger partial charge in [-0.05, 0) is 35.4 Å². The molecule has 104 valence electrons. The molecular formula is C19H17NO. The second-order valence-electron chi connectivity index (χ2n) is 5.15. The van der Waals surface area contributed by atoms with Gasteiger partial charge in [0.05, 0.1) is 5.92 Å². The molecule has 2 heteroatoms. The van der Waals surface area contributed by atoms with Crippen LogP contribution in [0, 0.1) is 0 Å². The van der Waals surface area contributed by atoms with Crippen molar-refractivity contribution >= 4 is 22.4 Å². The van der Waals surface area contributed by atoms with Gasteiger partial charge >= 0.3 is 0 Å². The fourth-order valence-corrected chi connectivity index (χ4v) is 2.54. The number of fused-ring (bicyclic) bond motifs is 1. The highest BCUT2D eigenvalue weighted by molar-refractivity contribution is 5.99. The fraction of sp³-hybridized carbons (Fsp3) is 0.105. The van der Waals surface area contributed by atoms with E-state index in [9.17, 15) is 4.79 Å². The third kappa shape index (κ3) is 2.79. The van der Waals surface area contributed by atoms with Crippen LogP contribution in [0.1, 0.15) is 18.4 Å². The SMILES string of the molecule is CC(C(=O)Nc1ccccc1)c1cccc2ccccc12. The molecule has 1 atom stereocenters. The molecule has 0 saturated heterocycles. The summed E-state index contributed by atoms with van der Waals surface area (Å²) in [6.45, 7) is 1.94. The molecule has 2 nitrogen and oxygen atoms in total. The first kappa shape index (κ1) is 13.4. The first-order valence-electron chi connectivity index (χ1n) is 7.09. The monoisotopic (exact) mass is 275 g/mol. The Morgan fingerprint density at radius 1 is 0.857 bits per heavy atom. The van der Waals surface area contributed by atoms with Gasteiger partial charge in [-0.25, -0.2) is 0 Å². The minimum Gasteiger partial charge on any atom is -0.326 e. The van der Waals surface area contributed by atoms with E-state index in [1.165, 1.54) is 0 Å². The molecule has 0 spiro atoms. The summed E-state index contributed by atoms with van der Waals surface area (Å²) in [5.41, 5.74) is 1.89. The van der Waals surface area contributed by atoms with Crippen LogP contribution in [-0.2, 0) is 4.79 Å². The summed E-state index contributed by atoms with van der Waals surface area (Å²) in [6, 6.07) is 23.8.